The average molecular weight is 245 g/mol. The maximum atomic E-state index is 11.7. The van der Waals surface area contributed by atoms with Crippen LogP contribution in [0.1, 0.15) is 41.0 Å². The Morgan fingerprint density at radius 2 is 1.71 bits per heavy atom. The number of rotatable bonds is 5. The van der Waals surface area contributed by atoms with Crippen molar-refractivity contribution in [1.82, 2.24) is 5.32 Å². The largest absolute Gasteiger partial charge is 0.480 e. The topological polar surface area (TPSA) is 75.6 Å². The van der Waals surface area contributed by atoms with Crippen LogP contribution in [0.2, 0.25) is 0 Å². The summed E-state index contributed by atoms with van der Waals surface area (Å²) in [6, 6.07) is -0.900. The van der Waals surface area contributed by atoms with Crippen LogP contribution in [0.4, 0.5) is 0 Å². The molecule has 0 aromatic carbocycles. The van der Waals surface area contributed by atoms with Gasteiger partial charge in [-0.3, -0.25) is 4.79 Å². The van der Waals surface area contributed by atoms with Crippen molar-refractivity contribution in [2.24, 2.45) is 5.41 Å². The van der Waals surface area contributed by atoms with Gasteiger partial charge in [-0.1, -0.05) is 20.8 Å². The Hall–Kier alpha value is -1.10. The Labute approximate surface area is 103 Å². The van der Waals surface area contributed by atoms with Gasteiger partial charge in [0.25, 0.3) is 0 Å². The summed E-state index contributed by atoms with van der Waals surface area (Å²) in [5, 5.41) is 11.6. The van der Waals surface area contributed by atoms with Gasteiger partial charge in [-0.15, -0.1) is 0 Å². The molecule has 0 fully saturated rings. The fourth-order valence-electron chi connectivity index (χ4n) is 1.32. The molecule has 0 radical (unpaired) electrons. The van der Waals surface area contributed by atoms with Crippen molar-refractivity contribution in [3.63, 3.8) is 0 Å². The second-order valence-electron chi connectivity index (χ2n) is 5.85. The standard InChI is InChI=1S/C12H23NO4/c1-11(2,3)9(10(15)16)13-8(14)7-12(4,5)17-6/h9H,7H2,1-6H3,(H,13,14)(H,15,16)/t9-/m1/s1. The lowest BCUT2D eigenvalue weighted by Crippen LogP contribution is -2.50. The van der Waals surface area contributed by atoms with E-state index in [1.165, 1.54) is 7.11 Å². The summed E-state index contributed by atoms with van der Waals surface area (Å²) in [4.78, 5) is 22.8. The molecule has 0 heterocycles. The minimum atomic E-state index is -1.03. The molecule has 0 aliphatic heterocycles. The number of carbonyl (C=O) groups excluding carboxylic acids is 1. The van der Waals surface area contributed by atoms with E-state index < -0.39 is 23.0 Å². The third kappa shape index (κ3) is 5.68. The van der Waals surface area contributed by atoms with Crippen LogP contribution in [-0.4, -0.2) is 35.7 Å². The first kappa shape index (κ1) is 15.9. The van der Waals surface area contributed by atoms with E-state index in [2.05, 4.69) is 5.32 Å². The zero-order valence-electron chi connectivity index (χ0n) is 11.5. The van der Waals surface area contributed by atoms with Gasteiger partial charge in [0.2, 0.25) is 5.91 Å². The highest BCUT2D eigenvalue weighted by atomic mass is 16.5. The predicted octanol–water partition coefficient (Wildman–Crippen LogP) is 1.42. The van der Waals surface area contributed by atoms with Gasteiger partial charge in [0.15, 0.2) is 0 Å². The fraction of sp³-hybridized carbons (Fsp3) is 0.833. The van der Waals surface area contributed by atoms with Gasteiger partial charge in [-0.05, 0) is 19.3 Å². The van der Waals surface area contributed by atoms with Crippen LogP contribution in [0.25, 0.3) is 0 Å². The average Bonchev–Trinajstić information content (AvgIpc) is 2.11. The normalized spacial score (nSPS) is 14.2. The van der Waals surface area contributed by atoms with Gasteiger partial charge >= 0.3 is 5.97 Å². The van der Waals surface area contributed by atoms with Crippen molar-refractivity contribution in [1.29, 1.82) is 0 Å². The van der Waals surface area contributed by atoms with Crippen LogP contribution < -0.4 is 5.32 Å². The van der Waals surface area contributed by atoms with E-state index in [-0.39, 0.29) is 12.3 Å². The molecule has 1 amide bonds. The highest BCUT2D eigenvalue weighted by Crippen LogP contribution is 2.20. The van der Waals surface area contributed by atoms with E-state index in [0.29, 0.717) is 0 Å². The van der Waals surface area contributed by atoms with Gasteiger partial charge < -0.3 is 15.2 Å². The molecular weight excluding hydrogens is 222 g/mol. The summed E-state index contributed by atoms with van der Waals surface area (Å²) >= 11 is 0. The van der Waals surface area contributed by atoms with E-state index >= 15 is 0 Å². The first-order chi connectivity index (χ1) is 7.49. The Kier molecular flexibility index (Phi) is 5.13. The van der Waals surface area contributed by atoms with Crippen molar-refractivity contribution in [3.05, 3.63) is 0 Å². The predicted molar refractivity (Wildman–Crippen MR) is 64.7 cm³/mol. The number of ether oxygens (including phenoxy) is 1. The molecule has 17 heavy (non-hydrogen) atoms. The molecule has 0 spiro atoms. The van der Waals surface area contributed by atoms with Crippen LogP contribution in [-0.2, 0) is 14.3 Å². The highest BCUT2D eigenvalue weighted by molar-refractivity contribution is 5.84. The van der Waals surface area contributed by atoms with Gasteiger partial charge in [-0.25, -0.2) is 4.79 Å². The number of nitrogens with one attached hydrogen (secondary N) is 1. The quantitative estimate of drug-likeness (QED) is 0.768. The van der Waals surface area contributed by atoms with E-state index in [9.17, 15) is 9.59 Å². The Morgan fingerprint density at radius 3 is 2.00 bits per heavy atom. The molecule has 0 bridgehead atoms. The molecule has 0 saturated carbocycles. The van der Waals surface area contributed by atoms with Crippen molar-refractivity contribution in [2.45, 2.75) is 52.7 Å². The molecule has 5 heteroatoms. The fourth-order valence-corrected chi connectivity index (χ4v) is 1.32. The first-order valence-electron chi connectivity index (χ1n) is 5.57. The number of carboxylic acid groups (broad SMARTS) is 1. The Balaban J connectivity index is 4.60. The van der Waals surface area contributed by atoms with Crippen molar-refractivity contribution in [3.8, 4) is 0 Å². The summed E-state index contributed by atoms with van der Waals surface area (Å²) in [6.07, 6.45) is 0.128. The smallest absolute Gasteiger partial charge is 0.326 e. The molecule has 1 atom stereocenters. The summed E-state index contributed by atoms with van der Waals surface area (Å²) in [5.41, 5.74) is -1.12. The third-order valence-electron chi connectivity index (χ3n) is 2.56. The second-order valence-corrected chi connectivity index (χ2v) is 5.85. The van der Waals surface area contributed by atoms with Crippen LogP contribution in [0, 0.1) is 5.41 Å². The third-order valence-corrected chi connectivity index (χ3v) is 2.56. The SMILES string of the molecule is COC(C)(C)CC(=O)N[C@H](C(=O)O)C(C)(C)C. The highest BCUT2D eigenvalue weighted by Gasteiger charge is 2.33. The number of hydrogen-bond donors (Lipinski definition) is 2. The minimum absolute atomic E-state index is 0.128. The zero-order valence-corrected chi connectivity index (χ0v) is 11.5. The molecule has 0 aliphatic rings. The maximum Gasteiger partial charge on any atom is 0.326 e. The summed E-state index contributed by atoms with van der Waals surface area (Å²) in [7, 11) is 1.52. The number of hydrogen-bond acceptors (Lipinski definition) is 3. The molecular formula is C12H23NO4. The lowest BCUT2D eigenvalue weighted by molar-refractivity contribution is -0.145. The Morgan fingerprint density at radius 1 is 1.24 bits per heavy atom. The molecule has 0 aromatic rings. The molecule has 0 saturated heterocycles. The molecule has 5 nitrogen and oxygen atoms in total. The number of aliphatic carboxylic acids is 1. The van der Waals surface area contributed by atoms with Crippen LogP contribution in [0.5, 0.6) is 0 Å². The molecule has 0 aromatic heterocycles. The lowest BCUT2D eigenvalue weighted by Gasteiger charge is -2.29. The number of carboxylic acids is 1. The monoisotopic (exact) mass is 245 g/mol. The van der Waals surface area contributed by atoms with Gasteiger partial charge in [0.05, 0.1) is 12.0 Å². The van der Waals surface area contributed by atoms with Crippen molar-refractivity contribution >= 4 is 11.9 Å². The first-order valence-corrected chi connectivity index (χ1v) is 5.57. The summed E-state index contributed by atoms with van der Waals surface area (Å²) in [5.74, 6) is -1.35. The van der Waals surface area contributed by atoms with Crippen molar-refractivity contribution < 1.29 is 19.4 Å². The molecule has 0 rings (SSSR count). The molecule has 0 aliphatic carbocycles. The lowest BCUT2D eigenvalue weighted by atomic mass is 9.86. The van der Waals surface area contributed by atoms with E-state index in [1.807, 2.05) is 0 Å². The van der Waals surface area contributed by atoms with E-state index in [1.54, 1.807) is 34.6 Å². The van der Waals surface area contributed by atoms with Gasteiger partial charge in [0.1, 0.15) is 6.04 Å². The van der Waals surface area contributed by atoms with Gasteiger partial charge in [-0.2, -0.15) is 0 Å². The second kappa shape index (κ2) is 5.49. The minimum Gasteiger partial charge on any atom is -0.480 e. The van der Waals surface area contributed by atoms with Crippen LogP contribution in [0.15, 0.2) is 0 Å². The maximum absolute atomic E-state index is 11.7. The summed E-state index contributed by atoms with van der Waals surface area (Å²) < 4.78 is 5.13. The number of carbonyl (C=O) groups is 2. The van der Waals surface area contributed by atoms with Crippen LogP contribution in [0.3, 0.4) is 0 Å². The van der Waals surface area contributed by atoms with Crippen molar-refractivity contribution in [2.75, 3.05) is 7.11 Å². The number of amides is 1. The molecule has 0 unspecified atom stereocenters. The Bertz CT molecular complexity index is 291. The number of methoxy groups -OCH3 is 1. The summed E-state index contributed by atoms with van der Waals surface area (Å²) in [6.45, 7) is 8.87. The molecule has 100 valence electrons. The molecule has 2 N–H and O–H groups in total. The van der Waals surface area contributed by atoms with Crippen LogP contribution >= 0.6 is 0 Å². The van der Waals surface area contributed by atoms with E-state index in [4.69, 9.17) is 9.84 Å². The van der Waals surface area contributed by atoms with Gasteiger partial charge in [0, 0.05) is 7.11 Å². The van der Waals surface area contributed by atoms with E-state index in [0.717, 1.165) is 0 Å². The zero-order chi connectivity index (χ0) is 13.9.